The van der Waals surface area contributed by atoms with E-state index in [0.717, 1.165) is 16.6 Å². The van der Waals surface area contributed by atoms with Crippen LogP contribution >= 0.6 is 15.9 Å². The minimum atomic E-state index is -0.205. The molecule has 2 atom stereocenters. The Balaban J connectivity index is 2.61. The summed E-state index contributed by atoms with van der Waals surface area (Å²) in [5.41, 5.74) is 1.10. The number of hydrogen-bond donors (Lipinski definition) is 1. The van der Waals surface area contributed by atoms with Crippen LogP contribution < -0.4 is 5.32 Å². The minimum absolute atomic E-state index is 0.205. The summed E-state index contributed by atoms with van der Waals surface area (Å²) in [4.78, 5) is 0. The van der Waals surface area contributed by atoms with Gasteiger partial charge in [0.05, 0.1) is 0 Å². The molecule has 0 aliphatic rings. The molecule has 1 aromatic carbocycles. The first kappa shape index (κ1) is 14.7. The third-order valence-corrected chi connectivity index (χ3v) is 4.00. The van der Waals surface area contributed by atoms with Crippen molar-refractivity contribution in [3.05, 3.63) is 34.1 Å². The van der Waals surface area contributed by atoms with Crippen LogP contribution in [-0.2, 0) is 0 Å². The van der Waals surface area contributed by atoms with Gasteiger partial charge >= 0.3 is 0 Å². The molecule has 0 heterocycles. The zero-order valence-corrected chi connectivity index (χ0v) is 12.5. The van der Waals surface area contributed by atoms with Gasteiger partial charge in [-0.2, -0.15) is 0 Å². The van der Waals surface area contributed by atoms with Gasteiger partial charge in [-0.05, 0) is 43.0 Å². The SMILES string of the molecule is CC(NCC(C)C(C)C)c1ccc(F)cc1Br. The molecule has 0 saturated carbocycles. The quantitative estimate of drug-likeness (QED) is 0.842. The first-order valence-corrected chi connectivity index (χ1v) is 6.89. The Morgan fingerprint density at radius 1 is 1.24 bits per heavy atom. The lowest BCUT2D eigenvalue weighted by molar-refractivity contribution is 0.375. The van der Waals surface area contributed by atoms with E-state index >= 15 is 0 Å². The monoisotopic (exact) mass is 301 g/mol. The van der Waals surface area contributed by atoms with E-state index in [1.807, 2.05) is 6.07 Å². The fraction of sp³-hybridized carbons (Fsp3) is 0.571. The number of benzene rings is 1. The third kappa shape index (κ3) is 4.40. The Labute approximate surface area is 112 Å². The maximum atomic E-state index is 13.0. The van der Waals surface area contributed by atoms with Crippen molar-refractivity contribution < 1.29 is 4.39 Å². The summed E-state index contributed by atoms with van der Waals surface area (Å²) in [5.74, 6) is 1.10. The molecular weight excluding hydrogens is 281 g/mol. The molecule has 0 aliphatic heterocycles. The van der Waals surface area contributed by atoms with Crippen LogP contribution in [0.15, 0.2) is 22.7 Å². The Hall–Kier alpha value is -0.410. The highest BCUT2D eigenvalue weighted by Gasteiger charge is 2.12. The van der Waals surface area contributed by atoms with Crippen molar-refractivity contribution in [2.45, 2.75) is 33.7 Å². The van der Waals surface area contributed by atoms with Crippen molar-refractivity contribution in [1.82, 2.24) is 5.32 Å². The van der Waals surface area contributed by atoms with Gasteiger partial charge in [-0.3, -0.25) is 0 Å². The molecule has 96 valence electrons. The van der Waals surface area contributed by atoms with Gasteiger partial charge in [-0.25, -0.2) is 4.39 Å². The molecule has 17 heavy (non-hydrogen) atoms. The molecule has 0 fully saturated rings. The van der Waals surface area contributed by atoms with Gasteiger partial charge in [0.1, 0.15) is 5.82 Å². The predicted molar refractivity (Wildman–Crippen MR) is 74.5 cm³/mol. The minimum Gasteiger partial charge on any atom is -0.310 e. The average molecular weight is 302 g/mol. The van der Waals surface area contributed by atoms with Crippen LogP contribution in [0.3, 0.4) is 0 Å². The fourth-order valence-electron chi connectivity index (χ4n) is 1.56. The van der Waals surface area contributed by atoms with E-state index in [9.17, 15) is 4.39 Å². The first-order chi connectivity index (χ1) is 7.91. The predicted octanol–water partition coefficient (Wildman–Crippen LogP) is 4.53. The summed E-state index contributed by atoms with van der Waals surface area (Å²) in [7, 11) is 0. The van der Waals surface area contributed by atoms with Crippen molar-refractivity contribution in [2.75, 3.05) is 6.54 Å². The summed E-state index contributed by atoms with van der Waals surface area (Å²) in [6.07, 6.45) is 0. The second-order valence-electron chi connectivity index (χ2n) is 5.02. The topological polar surface area (TPSA) is 12.0 Å². The fourth-order valence-corrected chi connectivity index (χ4v) is 2.26. The van der Waals surface area contributed by atoms with Crippen LogP contribution in [0.2, 0.25) is 0 Å². The summed E-state index contributed by atoms with van der Waals surface area (Å²) in [6.45, 7) is 9.77. The van der Waals surface area contributed by atoms with Gasteiger partial charge in [0.15, 0.2) is 0 Å². The Morgan fingerprint density at radius 3 is 2.41 bits per heavy atom. The van der Waals surface area contributed by atoms with Gasteiger partial charge < -0.3 is 5.32 Å². The Kier molecular flexibility index (Phi) is 5.60. The van der Waals surface area contributed by atoms with Crippen LogP contribution in [0, 0.1) is 17.7 Å². The molecule has 3 heteroatoms. The van der Waals surface area contributed by atoms with Crippen molar-refractivity contribution in [3.63, 3.8) is 0 Å². The van der Waals surface area contributed by atoms with E-state index in [0.29, 0.717) is 11.8 Å². The Bertz CT molecular complexity index is 365. The van der Waals surface area contributed by atoms with Crippen molar-refractivity contribution in [2.24, 2.45) is 11.8 Å². The van der Waals surface area contributed by atoms with E-state index in [1.54, 1.807) is 0 Å². The molecule has 0 radical (unpaired) electrons. The second-order valence-corrected chi connectivity index (χ2v) is 5.87. The molecule has 0 saturated heterocycles. The summed E-state index contributed by atoms with van der Waals surface area (Å²) >= 11 is 3.40. The average Bonchev–Trinajstić information content (AvgIpc) is 2.25. The van der Waals surface area contributed by atoms with Gasteiger partial charge in [0, 0.05) is 10.5 Å². The van der Waals surface area contributed by atoms with Crippen LogP contribution in [0.5, 0.6) is 0 Å². The van der Waals surface area contributed by atoms with Crippen LogP contribution in [-0.4, -0.2) is 6.54 Å². The summed E-state index contributed by atoms with van der Waals surface area (Å²) < 4.78 is 13.8. The molecule has 0 amide bonds. The molecule has 0 aliphatic carbocycles. The number of rotatable bonds is 5. The molecule has 0 aromatic heterocycles. The highest BCUT2D eigenvalue weighted by Crippen LogP contribution is 2.24. The standard InChI is InChI=1S/C14H21BrFN/c1-9(2)10(3)8-17-11(4)13-6-5-12(16)7-14(13)15/h5-7,9-11,17H,8H2,1-4H3. The largest absolute Gasteiger partial charge is 0.310 e. The lowest BCUT2D eigenvalue weighted by atomic mass is 9.97. The molecule has 1 aromatic rings. The molecule has 1 N–H and O–H groups in total. The van der Waals surface area contributed by atoms with Crippen molar-refractivity contribution in [1.29, 1.82) is 0 Å². The lowest BCUT2D eigenvalue weighted by Gasteiger charge is -2.21. The number of nitrogens with one attached hydrogen (secondary N) is 1. The third-order valence-electron chi connectivity index (χ3n) is 3.31. The van der Waals surface area contributed by atoms with E-state index in [-0.39, 0.29) is 11.9 Å². The van der Waals surface area contributed by atoms with Gasteiger partial charge in [-0.15, -0.1) is 0 Å². The van der Waals surface area contributed by atoms with Crippen LogP contribution in [0.1, 0.15) is 39.3 Å². The molecule has 2 unspecified atom stereocenters. The molecular formula is C14H21BrFN. The molecule has 0 spiro atoms. The summed E-state index contributed by atoms with van der Waals surface area (Å²) in [6, 6.07) is 5.08. The smallest absolute Gasteiger partial charge is 0.124 e. The maximum absolute atomic E-state index is 13.0. The van der Waals surface area contributed by atoms with Gasteiger partial charge in [-0.1, -0.05) is 42.8 Å². The van der Waals surface area contributed by atoms with Gasteiger partial charge in [0.2, 0.25) is 0 Å². The first-order valence-electron chi connectivity index (χ1n) is 6.10. The van der Waals surface area contributed by atoms with Crippen molar-refractivity contribution in [3.8, 4) is 0 Å². The van der Waals surface area contributed by atoms with E-state index in [1.165, 1.54) is 12.1 Å². The van der Waals surface area contributed by atoms with E-state index < -0.39 is 0 Å². The molecule has 1 nitrogen and oxygen atoms in total. The van der Waals surface area contributed by atoms with Crippen molar-refractivity contribution >= 4 is 15.9 Å². The van der Waals surface area contributed by atoms with Gasteiger partial charge in [0.25, 0.3) is 0 Å². The zero-order valence-electron chi connectivity index (χ0n) is 10.9. The Morgan fingerprint density at radius 2 is 1.88 bits per heavy atom. The number of hydrogen-bond acceptors (Lipinski definition) is 1. The number of halogens is 2. The van der Waals surface area contributed by atoms with Crippen LogP contribution in [0.4, 0.5) is 4.39 Å². The summed E-state index contributed by atoms with van der Waals surface area (Å²) in [5, 5.41) is 3.49. The maximum Gasteiger partial charge on any atom is 0.124 e. The normalized spacial score (nSPS) is 15.0. The zero-order chi connectivity index (χ0) is 13.0. The van der Waals surface area contributed by atoms with E-state index in [2.05, 4.69) is 48.9 Å². The van der Waals surface area contributed by atoms with E-state index in [4.69, 9.17) is 0 Å². The lowest BCUT2D eigenvalue weighted by Crippen LogP contribution is -2.27. The highest BCUT2D eigenvalue weighted by atomic mass is 79.9. The molecule has 0 bridgehead atoms. The molecule has 1 rings (SSSR count). The highest BCUT2D eigenvalue weighted by molar-refractivity contribution is 9.10. The van der Waals surface area contributed by atoms with Crippen LogP contribution in [0.25, 0.3) is 0 Å². The second kappa shape index (κ2) is 6.50.